The summed E-state index contributed by atoms with van der Waals surface area (Å²) in [5.41, 5.74) is 16.8. The van der Waals surface area contributed by atoms with Gasteiger partial charge >= 0.3 is 5.97 Å². The molecule has 1 unspecified atom stereocenters. The zero-order chi connectivity index (χ0) is 30.9. The number of fused-ring (bicyclic) bond motifs is 1. The van der Waals surface area contributed by atoms with Crippen LogP contribution in [-0.2, 0) is 24.3 Å². The number of ether oxygens (including phenoxy) is 1. The largest absolute Gasteiger partial charge is 0.492 e. The molecule has 1 atom stereocenters. The Labute approximate surface area is 262 Å². The van der Waals surface area contributed by atoms with Crippen molar-refractivity contribution in [2.45, 2.75) is 43.3 Å². The van der Waals surface area contributed by atoms with E-state index in [2.05, 4.69) is 54.8 Å². The van der Waals surface area contributed by atoms with Crippen molar-refractivity contribution in [3.05, 3.63) is 81.8 Å². The number of aliphatic imine (C=N–C) groups is 1. The maximum absolute atomic E-state index is 13.1. The van der Waals surface area contributed by atoms with Gasteiger partial charge in [-0.05, 0) is 70.6 Å². The third kappa shape index (κ3) is 7.89. The number of amides is 1. The summed E-state index contributed by atoms with van der Waals surface area (Å²) in [7, 11) is 0. The number of hydrogen-bond donors (Lipinski definition) is 7. The van der Waals surface area contributed by atoms with Crippen molar-refractivity contribution in [2.24, 2.45) is 16.5 Å². The summed E-state index contributed by atoms with van der Waals surface area (Å²) >= 11 is 2.59. The number of carboxylic acid groups (broad SMARTS) is 1. The van der Waals surface area contributed by atoms with Crippen LogP contribution < -0.4 is 31.6 Å². The van der Waals surface area contributed by atoms with E-state index in [1.807, 2.05) is 18.3 Å². The standard InChI is InChI=1S/C30H34N8O4S2/c31-30(32)34-9-3-6-24(29(40)41)37-28(39)27-23(8-11-43-27)38-44-25-13-21(12-19-7-10-42-26(19)25)22-5-2-1-4-20(22)17-33-14-18-15-35-36-16-18/h1-2,4-5,8,11-13,15-16,24,33,38H,3,6-7,9-10,14,17H2,(H,35,36)(H,37,39)(H,40,41)(H4,31,32,34). The van der Waals surface area contributed by atoms with E-state index in [1.165, 1.54) is 28.8 Å². The Morgan fingerprint density at radius 3 is 2.86 bits per heavy atom. The summed E-state index contributed by atoms with van der Waals surface area (Å²) in [6.45, 7) is 2.28. The van der Waals surface area contributed by atoms with Gasteiger partial charge in [0.05, 0.1) is 23.4 Å². The number of thiophene rings is 1. The van der Waals surface area contributed by atoms with E-state index in [-0.39, 0.29) is 18.9 Å². The van der Waals surface area contributed by atoms with Crippen LogP contribution in [0.2, 0.25) is 0 Å². The van der Waals surface area contributed by atoms with Crippen molar-refractivity contribution in [1.29, 1.82) is 0 Å². The smallest absolute Gasteiger partial charge is 0.326 e. The van der Waals surface area contributed by atoms with E-state index < -0.39 is 17.9 Å². The van der Waals surface area contributed by atoms with Crippen LogP contribution in [0.25, 0.3) is 11.1 Å². The summed E-state index contributed by atoms with van der Waals surface area (Å²) in [5, 5.41) is 24.4. The monoisotopic (exact) mass is 634 g/mol. The van der Waals surface area contributed by atoms with Crippen LogP contribution in [0.5, 0.6) is 5.75 Å². The molecule has 3 heterocycles. The minimum atomic E-state index is -1.12. The molecule has 0 aliphatic carbocycles. The average Bonchev–Trinajstić information content (AvgIpc) is 3.80. The molecule has 0 saturated heterocycles. The number of aliphatic carboxylic acids is 1. The predicted molar refractivity (Wildman–Crippen MR) is 173 cm³/mol. The Morgan fingerprint density at radius 1 is 1.20 bits per heavy atom. The number of aromatic amines is 1. The molecule has 5 rings (SSSR count). The van der Waals surface area contributed by atoms with Crippen LogP contribution in [-0.4, -0.2) is 52.3 Å². The van der Waals surface area contributed by atoms with Gasteiger partial charge in [0.25, 0.3) is 5.91 Å². The van der Waals surface area contributed by atoms with Crippen molar-refractivity contribution >= 4 is 46.8 Å². The molecule has 1 amide bonds. The van der Waals surface area contributed by atoms with Crippen molar-refractivity contribution in [2.75, 3.05) is 17.9 Å². The number of carbonyl (C=O) groups is 2. The maximum Gasteiger partial charge on any atom is 0.326 e. The molecular weight excluding hydrogens is 601 g/mol. The molecule has 230 valence electrons. The minimum Gasteiger partial charge on any atom is -0.492 e. The number of benzene rings is 2. The third-order valence-electron chi connectivity index (χ3n) is 6.97. The second kappa shape index (κ2) is 14.8. The van der Waals surface area contributed by atoms with Crippen molar-refractivity contribution in [3.8, 4) is 16.9 Å². The van der Waals surface area contributed by atoms with Crippen LogP contribution in [0.15, 0.2) is 70.1 Å². The van der Waals surface area contributed by atoms with Gasteiger partial charge < -0.3 is 36.7 Å². The molecule has 1 aliphatic rings. The number of nitrogens with one attached hydrogen (secondary N) is 4. The topological polar surface area (TPSA) is 193 Å². The first-order valence-corrected chi connectivity index (χ1v) is 15.7. The molecule has 12 nitrogen and oxygen atoms in total. The number of hydrogen-bond acceptors (Lipinski definition) is 9. The third-order valence-corrected chi connectivity index (χ3v) is 8.73. The molecule has 1 aliphatic heterocycles. The summed E-state index contributed by atoms with van der Waals surface area (Å²) in [4.78, 5) is 30.0. The second-order valence-corrected chi connectivity index (χ2v) is 11.9. The molecule has 0 spiro atoms. The molecule has 2 aromatic carbocycles. The summed E-state index contributed by atoms with van der Waals surface area (Å²) in [5.74, 6) is -0.818. The van der Waals surface area contributed by atoms with E-state index in [0.717, 1.165) is 39.3 Å². The Bertz CT molecular complexity index is 1620. The molecule has 2 aromatic heterocycles. The van der Waals surface area contributed by atoms with Crippen LogP contribution >= 0.6 is 23.3 Å². The zero-order valence-electron chi connectivity index (χ0n) is 23.8. The van der Waals surface area contributed by atoms with Crippen molar-refractivity contribution in [1.82, 2.24) is 20.8 Å². The van der Waals surface area contributed by atoms with Gasteiger partial charge in [-0.15, -0.1) is 11.3 Å². The molecule has 0 bridgehead atoms. The second-order valence-electron chi connectivity index (χ2n) is 10.1. The fraction of sp³-hybridized carbons (Fsp3) is 0.267. The Balaban J connectivity index is 1.29. The fourth-order valence-electron chi connectivity index (χ4n) is 4.84. The van der Waals surface area contributed by atoms with E-state index in [9.17, 15) is 14.7 Å². The first-order valence-electron chi connectivity index (χ1n) is 14.0. The normalized spacial score (nSPS) is 12.6. The number of nitrogens with two attached hydrogens (primary N) is 2. The Morgan fingerprint density at radius 2 is 2.07 bits per heavy atom. The van der Waals surface area contributed by atoms with Gasteiger partial charge in [-0.1, -0.05) is 24.3 Å². The molecule has 9 N–H and O–H groups in total. The highest BCUT2D eigenvalue weighted by atomic mass is 32.2. The van der Waals surface area contributed by atoms with Gasteiger partial charge in [0.2, 0.25) is 0 Å². The van der Waals surface area contributed by atoms with Crippen LogP contribution in [0.1, 0.15) is 39.2 Å². The van der Waals surface area contributed by atoms with Gasteiger partial charge in [0.1, 0.15) is 16.7 Å². The van der Waals surface area contributed by atoms with E-state index in [1.54, 1.807) is 17.6 Å². The molecule has 0 saturated carbocycles. The average molecular weight is 635 g/mol. The minimum absolute atomic E-state index is 0.0584. The number of rotatable bonds is 15. The van der Waals surface area contributed by atoms with E-state index in [0.29, 0.717) is 36.7 Å². The fourth-order valence-corrected chi connectivity index (χ4v) is 6.51. The molecule has 0 radical (unpaired) electrons. The van der Waals surface area contributed by atoms with Crippen LogP contribution in [0.4, 0.5) is 5.69 Å². The molecule has 4 aromatic rings. The SMILES string of the molecule is NC(N)=NCCCC(NC(=O)c1sccc1NSc1cc(-c2ccccc2CNCc2cn[nH]c2)cc2c1OCC2)C(=O)O. The molecule has 0 fully saturated rings. The van der Waals surface area contributed by atoms with Gasteiger partial charge in [0, 0.05) is 37.8 Å². The molecule has 44 heavy (non-hydrogen) atoms. The quantitative estimate of drug-likeness (QED) is 0.0439. The van der Waals surface area contributed by atoms with Crippen molar-refractivity contribution < 1.29 is 19.4 Å². The number of carboxylic acids is 1. The number of aromatic nitrogens is 2. The first kappa shape index (κ1) is 30.9. The van der Waals surface area contributed by atoms with Gasteiger partial charge in [-0.2, -0.15) is 5.10 Å². The lowest BCUT2D eigenvalue weighted by Gasteiger charge is -2.16. The lowest BCUT2D eigenvalue weighted by molar-refractivity contribution is -0.139. The Hall–Kier alpha value is -4.53. The van der Waals surface area contributed by atoms with Crippen LogP contribution in [0, 0.1) is 0 Å². The Kier molecular flexibility index (Phi) is 10.4. The van der Waals surface area contributed by atoms with Gasteiger partial charge in [-0.3, -0.25) is 14.9 Å². The highest BCUT2D eigenvalue weighted by molar-refractivity contribution is 8.00. The summed E-state index contributed by atoms with van der Waals surface area (Å²) < 4.78 is 9.30. The van der Waals surface area contributed by atoms with E-state index in [4.69, 9.17) is 16.2 Å². The maximum atomic E-state index is 13.1. The first-order chi connectivity index (χ1) is 21.4. The zero-order valence-corrected chi connectivity index (χ0v) is 25.5. The molecular formula is C30H34N8O4S2. The predicted octanol–water partition coefficient (Wildman–Crippen LogP) is 3.72. The van der Waals surface area contributed by atoms with Gasteiger partial charge in [0.15, 0.2) is 5.96 Å². The number of guanidine groups is 1. The highest BCUT2D eigenvalue weighted by Gasteiger charge is 2.24. The number of carbonyl (C=O) groups excluding carboxylic acids is 1. The highest BCUT2D eigenvalue weighted by Crippen LogP contribution is 2.41. The summed E-state index contributed by atoms with van der Waals surface area (Å²) in [6, 6.07) is 13.3. The van der Waals surface area contributed by atoms with Crippen LogP contribution in [0.3, 0.4) is 0 Å². The van der Waals surface area contributed by atoms with Crippen molar-refractivity contribution in [3.63, 3.8) is 0 Å². The molecule has 14 heteroatoms. The van der Waals surface area contributed by atoms with E-state index >= 15 is 0 Å². The number of anilines is 1. The number of H-pyrrole nitrogens is 1. The lowest BCUT2D eigenvalue weighted by Crippen LogP contribution is -2.40. The van der Waals surface area contributed by atoms with Gasteiger partial charge in [-0.25, -0.2) is 4.79 Å². The summed E-state index contributed by atoms with van der Waals surface area (Å²) in [6.07, 6.45) is 5.09. The lowest BCUT2D eigenvalue weighted by atomic mass is 9.97. The number of nitrogens with zero attached hydrogens (tertiary/aromatic N) is 2.